The Bertz CT molecular complexity index is 2600. The van der Waals surface area contributed by atoms with Crippen LogP contribution in [-0.2, 0) is 54.8 Å². The van der Waals surface area contributed by atoms with Crippen molar-refractivity contribution in [2.24, 2.45) is 20.8 Å². The van der Waals surface area contributed by atoms with Gasteiger partial charge in [-0.2, -0.15) is 0 Å². The summed E-state index contributed by atoms with van der Waals surface area (Å²) < 4.78 is 46.2. The predicted octanol–water partition coefficient (Wildman–Crippen LogP) is 10.1. The highest BCUT2D eigenvalue weighted by atomic mass is 35.5. The average molecular weight is 996 g/mol. The molecular weight excluding hydrogens is 931 g/mol. The van der Waals surface area contributed by atoms with E-state index in [9.17, 15) is 19.1 Å². The first kappa shape index (κ1) is 52.6. The zero-order valence-electron chi connectivity index (χ0n) is 40.2. The number of benzene rings is 1. The molecule has 0 spiro atoms. The number of nitrogens with zero attached hydrogens (tertiary/aromatic N) is 6. The lowest BCUT2D eigenvalue weighted by molar-refractivity contribution is -0.172. The van der Waals surface area contributed by atoms with Gasteiger partial charge in [0.15, 0.2) is 32.8 Å². The molecule has 0 atom stereocenters. The number of pyridine rings is 2. The maximum atomic E-state index is 14.4. The molecule has 0 bridgehead atoms. The molecule has 68 heavy (non-hydrogen) atoms. The molecule has 4 aromatic heterocycles. The van der Waals surface area contributed by atoms with Gasteiger partial charge in [-0.1, -0.05) is 29.8 Å². The zero-order valence-corrected chi connectivity index (χ0v) is 42.6. The third-order valence-corrected chi connectivity index (χ3v) is 13.5. The van der Waals surface area contributed by atoms with Gasteiger partial charge in [0.25, 0.3) is 0 Å². The van der Waals surface area contributed by atoms with Crippen LogP contribution in [0.2, 0.25) is 5.02 Å². The van der Waals surface area contributed by atoms with Gasteiger partial charge in [0.1, 0.15) is 24.7 Å². The second-order valence-electron chi connectivity index (χ2n) is 19.4. The van der Waals surface area contributed by atoms with E-state index < -0.39 is 27.8 Å². The van der Waals surface area contributed by atoms with Gasteiger partial charge in [-0.15, -0.1) is 22.7 Å². The number of carbonyl (C=O) groups is 2. The summed E-state index contributed by atoms with van der Waals surface area (Å²) in [6.07, 6.45) is 8.67. The number of thiazole rings is 2. The van der Waals surface area contributed by atoms with Crippen LogP contribution in [0.25, 0.3) is 0 Å². The Labute approximate surface area is 410 Å². The van der Waals surface area contributed by atoms with Crippen LogP contribution < -0.4 is 14.3 Å². The highest BCUT2D eigenvalue weighted by Crippen LogP contribution is 2.44. The van der Waals surface area contributed by atoms with Crippen LogP contribution in [0, 0.1) is 16.6 Å². The van der Waals surface area contributed by atoms with E-state index >= 15 is 0 Å². The molecule has 7 rings (SSSR count). The Kier molecular flexibility index (Phi) is 18.0. The number of aliphatic hydroxyl groups excluding tert-OH is 1. The van der Waals surface area contributed by atoms with Crippen molar-refractivity contribution in [3.8, 4) is 5.75 Å². The summed E-state index contributed by atoms with van der Waals surface area (Å²) in [6.45, 7) is 12.0. The normalized spacial score (nSPS) is 21.5. The molecule has 0 aliphatic heterocycles. The molecule has 4 heterocycles. The van der Waals surface area contributed by atoms with Crippen LogP contribution in [0.15, 0.2) is 87.7 Å². The number of rotatable bonds is 14. The Morgan fingerprint density at radius 2 is 1.18 bits per heavy atom. The number of hydrogen-bond donors (Lipinski definition) is 1. The Balaban J connectivity index is 0.000000230. The Morgan fingerprint density at radius 1 is 0.735 bits per heavy atom. The van der Waals surface area contributed by atoms with E-state index in [0.717, 1.165) is 21.0 Å². The van der Waals surface area contributed by atoms with Gasteiger partial charge in [-0.25, -0.2) is 24.3 Å². The van der Waals surface area contributed by atoms with Gasteiger partial charge in [-0.05, 0) is 129 Å². The summed E-state index contributed by atoms with van der Waals surface area (Å²) in [7, 11) is 3.28. The monoisotopic (exact) mass is 994 g/mol. The molecule has 1 aromatic carbocycles. The smallest absolute Gasteiger partial charge is 0.312 e. The van der Waals surface area contributed by atoms with Gasteiger partial charge in [-0.3, -0.25) is 18.7 Å². The molecule has 2 fully saturated rings. The van der Waals surface area contributed by atoms with Gasteiger partial charge in [0.2, 0.25) is 0 Å². The second kappa shape index (κ2) is 23.2. The van der Waals surface area contributed by atoms with Gasteiger partial charge >= 0.3 is 11.9 Å². The van der Waals surface area contributed by atoms with Crippen molar-refractivity contribution in [1.82, 2.24) is 19.1 Å². The molecule has 0 unspecified atom stereocenters. The number of aromatic nitrogens is 4. The Hall–Kier alpha value is -4.78. The lowest BCUT2D eigenvalue weighted by atomic mass is 9.70. The largest absolute Gasteiger partial charge is 0.487 e. The van der Waals surface area contributed by atoms with E-state index in [2.05, 4.69) is 9.98 Å². The molecule has 368 valence electrons. The van der Waals surface area contributed by atoms with Crippen molar-refractivity contribution in [1.29, 1.82) is 0 Å². The first-order chi connectivity index (χ1) is 32.3. The minimum Gasteiger partial charge on any atom is -0.487 e. The third kappa shape index (κ3) is 14.6. The quantitative estimate of drug-likeness (QED) is 0.106. The molecule has 1 N–H and O–H groups in total. The van der Waals surface area contributed by atoms with E-state index in [-0.39, 0.29) is 34.9 Å². The van der Waals surface area contributed by atoms with Crippen molar-refractivity contribution < 1.29 is 42.8 Å². The van der Waals surface area contributed by atoms with Crippen LogP contribution in [-0.4, -0.2) is 73.8 Å². The Morgan fingerprint density at radius 3 is 1.62 bits per heavy atom. The molecule has 2 saturated carbocycles. The van der Waals surface area contributed by atoms with Gasteiger partial charge < -0.3 is 28.8 Å². The number of hydrogen-bond acceptors (Lipinski definition) is 14. The van der Waals surface area contributed by atoms with Crippen molar-refractivity contribution in [2.45, 2.75) is 143 Å². The average Bonchev–Trinajstić information content (AvgIpc) is 3.92. The van der Waals surface area contributed by atoms with Crippen molar-refractivity contribution >= 4 is 57.8 Å². The first-order valence-electron chi connectivity index (χ1n) is 22.8. The summed E-state index contributed by atoms with van der Waals surface area (Å²) >= 11 is 8.92. The number of esters is 2. The fourth-order valence-electron chi connectivity index (χ4n) is 8.24. The minimum absolute atomic E-state index is 0.0214. The van der Waals surface area contributed by atoms with Gasteiger partial charge in [0.05, 0.1) is 28.1 Å². The number of methoxy groups -OCH3 is 2. The maximum absolute atomic E-state index is 14.4. The van der Waals surface area contributed by atoms with Crippen LogP contribution in [0.5, 0.6) is 5.75 Å². The molecule has 2 aliphatic rings. The van der Waals surface area contributed by atoms with E-state index in [1.807, 2.05) is 110 Å². The molecule has 5 aromatic rings. The van der Waals surface area contributed by atoms with E-state index in [4.69, 9.17) is 45.3 Å². The molecule has 0 radical (unpaired) electrons. The highest BCUT2D eigenvalue weighted by Gasteiger charge is 2.46. The number of aliphatic hydroxyl groups is 1. The van der Waals surface area contributed by atoms with Crippen LogP contribution in [0.3, 0.4) is 0 Å². The number of halogens is 2. The lowest BCUT2D eigenvalue weighted by Crippen LogP contribution is -2.44. The van der Waals surface area contributed by atoms with Crippen LogP contribution in [0.4, 0.5) is 16.0 Å². The maximum Gasteiger partial charge on any atom is 0.312 e. The standard InChI is InChI=1S/C28H33ClFN3O4S.C22H31N3O4S/c1-27(2,3)37-25(34)28(13-11-20(12-14-28)36-22-9-6-8-21(29)24(22)30)17-19-7-5-10-23(31-19)32-26-33(18-35-4)15-16-38-26;1-21(2,3)29-19(27)22(10-8-17(26)9-11-22)14-16-6-5-7-18(23-16)24-20-25(15-28-4)12-13-30-20/h5-10,15-16,20H,11-14,17-18H2,1-4H3;5-7,12-13,17,26H,8-11,14-15H2,1-4H3. The van der Waals surface area contributed by atoms with Crippen LogP contribution >= 0.6 is 34.3 Å². The summed E-state index contributed by atoms with van der Waals surface area (Å²) in [5.74, 6) is 0.251. The summed E-state index contributed by atoms with van der Waals surface area (Å²) in [5, 5.41) is 13.9. The molecule has 2 aliphatic carbocycles. The van der Waals surface area contributed by atoms with E-state index in [1.165, 1.54) is 28.7 Å². The fraction of sp³-hybridized carbons (Fsp3) is 0.520. The first-order valence-corrected chi connectivity index (χ1v) is 25.0. The van der Waals surface area contributed by atoms with Crippen molar-refractivity contribution in [3.63, 3.8) is 0 Å². The minimum atomic E-state index is -0.773. The van der Waals surface area contributed by atoms with E-state index in [0.29, 0.717) is 89.3 Å². The van der Waals surface area contributed by atoms with Crippen LogP contribution in [0.1, 0.15) is 104 Å². The lowest BCUT2D eigenvalue weighted by Gasteiger charge is -2.39. The van der Waals surface area contributed by atoms with Crippen molar-refractivity contribution in [2.75, 3.05) is 14.2 Å². The molecule has 0 saturated heterocycles. The second-order valence-corrected chi connectivity index (χ2v) is 21.5. The summed E-state index contributed by atoms with van der Waals surface area (Å²) in [4.78, 5) is 47.0. The molecular formula is C50H64ClFN6O8S2. The fourth-order valence-corrected chi connectivity index (χ4v) is 9.86. The van der Waals surface area contributed by atoms with E-state index in [1.54, 1.807) is 26.4 Å². The summed E-state index contributed by atoms with van der Waals surface area (Å²) in [5.41, 5.74) is -1.07. The van der Waals surface area contributed by atoms with Crippen molar-refractivity contribution in [3.05, 3.63) is 110 Å². The number of carbonyl (C=O) groups excluding carboxylic acids is 2. The topological polar surface area (TPSA) is 161 Å². The summed E-state index contributed by atoms with van der Waals surface area (Å²) in [6, 6.07) is 16.0. The number of ether oxygens (including phenoxy) is 5. The molecule has 0 amide bonds. The predicted molar refractivity (Wildman–Crippen MR) is 260 cm³/mol. The third-order valence-electron chi connectivity index (χ3n) is 11.6. The van der Waals surface area contributed by atoms with Gasteiger partial charge in [0, 0.05) is 61.6 Å². The SMILES string of the molecule is COCn1ccsc1=Nc1cccc(CC2(C(=O)OC(C)(C)C)CCC(O)CC2)n1.COCn1ccsc1=Nc1cccc(CC2(C(=O)OC(C)(C)C)CCC(Oc3cccc(Cl)c3F)CC2)n1. The molecule has 14 nitrogen and oxygen atoms in total. The molecule has 18 heteroatoms. The zero-order chi connectivity index (χ0) is 49.1. The highest BCUT2D eigenvalue weighted by molar-refractivity contribution is 7.07.